The maximum absolute atomic E-state index is 11.3. The van der Waals surface area contributed by atoms with E-state index in [4.69, 9.17) is 5.11 Å². The third-order valence-corrected chi connectivity index (χ3v) is 5.96. The second-order valence-corrected chi connectivity index (χ2v) is 6.77. The molecule has 0 aromatic heterocycles. The van der Waals surface area contributed by atoms with Crippen LogP contribution in [0.15, 0.2) is 0 Å². The van der Waals surface area contributed by atoms with E-state index in [1.165, 1.54) is 20.6 Å². The summed E-state index contributed by atoms with van der Waals surface area (Å²) < 4.78 is 0. The number of nitrogens with one attached hydrogen (secondary N) is 1. The highest BCUT2D eigenvalue weighted by molar-refractivity contribution is 9.09. The molecule has 1 saturated heterocycles. The Hall–Kier alpha value is 0.440. The summed E-state index contributed by atoms with van der Waals surface area (Å²) in [6.45, 7) is 0.182. The minimum atomic E-state index is -0.588. The zero-order chi connectivity index (χ0) is 9.68. The molecule has 1 fully saturated rings. The van der Waals surface area contributed by atoms with Crippen LogP contribution in [-0.2, 0) is 4.79 Å². The Morgan fingerprint density at radius 1 is 1.62 bits per heavy atom. The van der Waals surface area contributed by atoms with Crippen molar-refractivity contribution in [1.29, 1.82) is 0 Å². The van der Waals surface area contributed by atoms with Crippen molar-refractivity contribution in [3.8, 4) is 0 Å². The predicted molar refractivity (Wildman–Crippen MR) is 57.5 cm³/mol. The van der Waals surface area contributed by atoms with Crippen LogP contribution >= 0.6 is 31.4 Å². The second-order valence-electron chi connectivity index (χ2n) is 2.45. The van der Waals surface area contributed by atoms with Crippen molar-refractivity contribution in [3.05, 3.63) is 0 Å². The van der Waals surface area contributed by atoms with Crippen LogP contribution in [0, 0.1) is 0 Å². The first-order chi connectivity index (χ1) is 6.25. The minimum absolute atomic E-state index is 0.0683. The molecule has 13 heavy (non-hydrogen) atoms. The monoisotopic (exact) mass is 241 g/mol. The maximum Gasteiger partial charge on any atom is 0.236 e. The molecule has 0 aromatic carbocycles. The van der Waals surface area contributed by atoms with Crippen LogP contribution in [0.5, 0.6) is 0 Å². The van der Waals surface area contributed by atoms with Crippen molar-refractivity contribution in [2.45, 2.75) is 11.4 Å². The predicted octanol–water partition coefficient (Wildman–Crippen LogP) is -0.132. The number of rotatable bonds is 3. The van der Waals surface area contributed by atoms with Crippen molar-refractivity contribution in [2.75, 3.05) is 18.9 Å². The van der Waals surface area contributed by atoms with Crippen LogP contribution in [0.25, 0.3) is 0 Å². The molecular formula is C6H11NO3S3. The van der Waals surface area contributed by atoms with Gasteiger partial charge in [-0.05, 0) is 9.83 Å². The molecule has 1 aliphatic rings. The lowest BCUT2D eigenvalue weighted by atomic mass is 10.2. The standard InChI is InChI=1S/C6H11NO3S3/c8-2-1-7-6(10)5-4(9)3-11-13-12-5/h4-5,8-9H,1-3H2,(H,7,10)/t4-,5+/m1/s1. The summed E-state index contributed by atoms with van der Waals surface area (Å²) in [7, 11) is 4.43. The lowest BCUT2D eigenvalue weighted by Gasteiger charge is -2.24. The van der Waals surface area contributed by atoms with Gasteiger partial charge in [0.2, 0.25) is 5.91 Å². The van der Waals surface area contributed by atoms with E-state index in [-0.39, 0.29) is 19.1 Å². The van der Waals surface area contributed by atoms with Crippen LogP contribution in [-0.4, -0.2) is 46.4 Å². The molecule has 1 aliphatic heterocycles. The van der Waals surface area contributed by atoms with Gasteiger partial charge in [0.05, 0.1) is 12.7 Å². The van der Waals surface area contributed by atoms with Gasteiger partial charge in [0.25, 0.3) is 0 Å². The summed E-state index contributed by atoms with van der Waals surface area (Å²) in [5.74, 6) is 0.383. The van der Waals surface area contributed by atoms with E-state index in [0.29, 0.717) is 5.75 Å². The first-order valence-corrected chi connectivity index (χ1v) is 7.49. The molecule has 1 rings (SSSR count). The Morgan fingerprint density at radius 3 is 3.00 bits per heavy atom. The third kappa shape index (κ3) is 3.59. The van der Waals surface area contributed by atoms with E-state index in [0.717, 1.165) is 0 Å². The van der Waals surface area contributed by atoms with Crippen LogP contribution in [0.2, 0.25) is 0 Å². The Bertz CT molecular complexity index is 181. The number of aliphatic hydroxyl groups is 2. The van der Waals surface area contributed by atoms with E-state index in [1.54, 1.807) is 10.8 Å². The van der Waals surface area contributed by atoms with Crippen LogP contribution in [0.4, 0.5) is 0 Å². The van der Waals surface area contributed by atoms with E-state index < -0.39 is 11.4 Å². The molecule has 4 nitrogen and oxygen atoms in total. The first kappa shape index (κ1) is 11.5. The summed E-state index contributed by atoms with van der Waals surface area (Å²) >= 11 is 0. The second kappa shape index (κ2) is 6.02. The van der Waals surface area contributed by atoms with E-state index in [1.807, 2.05) is 0 Å². The van der Waals surface area contributed by atoms with Gasteiger partial charge in [0.15, 0.2) is 0 Å². The molecule has 0 saturated carbocycles. The number of hydrogen-bond acceptors (Lipinski definition) is 6. The van der Waals surface area contributed by atoms with E-state index in [9.17, 15) is 9.90 Å². The van der Waals surface area contributed by atoms with Gasteiger partial charge < -0.3 is 15.5 Å². The van der Waals surface area contributed by atoms with Gasteiger partial charge in [-0.1, -0.05) is 21.6 Å². The van der Waals surface area contributed by atoms with Crippen molar-refractivity contribution in [1.82, 2.24) is 5.32 Å². The molecule has 0 radical (unpaired) electrons. The fourth-order valence-electron chi connectivity index (χ4n) is 0.817. The van der Waals surface area contributed by atoms with Gasteiger partial charge >= 0.3 is 0 Å². The number of amides is 1. The lowest BCUT2D eigenvalue weighted by Crippen LogP contribution is -2.42. The van der Waals surface area contributed by atoms with Gasteiger partial charge in [-0.25, -0.2) is 0 Å². The fourth-order valence-corrected chi connectivity index (χ4v) is 5.28. The molecule has 0 aliphatic carbocycles. The largest absolute Gasteiger partial charge is 0.395 e. The molecule has 2 atom stereocenters. The van der Waals surface area contributed by atoms with Crippen LogP contribution in [0.3, 0.4) is 0 Å². The molecular weight excluding hydrogens is 230 g/mol. The molecule has 0 unspecified atom stereocenters. The molecule has 0 aromatic rings. The molecule has 1 amide bonds. The quantitative estimate of drug-likeness (QED) is 0.598. The summed E-state index contributed by atoms with van der Waals surface area (Å²) in [5, 5.41) is 20.1. The first-order valence-electron chi connectivity index (χ1n) is 3.77. The third-order valence-electron chi connectivity index (χ3n) is 1.45. The topological polar surface area (TPSA) is 69.6 Å². The number of carbonyl (C=O) groups is 1. The number of carbonyl (C=O) groups excluding carboxylic acids is 1. The van der Waals surface area contributed by atoms with Gasteiger partial charge in [-0.15, -0.1) is 0 Å². The molecule has 3 N–H and O–H groups in total. The van der Waals surface area contributed by atoms with Gasteiger partial charge in [0.1, 0.15) is 5.25 Å². The van der Waals surface area contributed by atoms with Crippen LogP contribution in [0.1, 0.15) is 0 Å². The summed E-state index contributed by atoms with van der Waals surface area (Å²) in [6, 6.07) is 0. The molecule has 76 valence electrons. The number of aliphatic hydroxyl groups excluding tert-OH is 2. The minimum Gasteiger partial charge on any atom is -0.395 e. The summed E-state index contributed by atoms with van der Waals surface area (Å²) in [6.07, 6.45) is -0.588. The van der Waals surface area contributed by atoms with Gasteiger partial charge in [-0.3, -0.25) is 4.79 Å². The highest BCUT2D eigenvalue weighted by Crippen LogP contribution is 2.44. The van der Waals surface area contributed by atoms with Crippen molar-refractivity contribution in [2.24, 2.45) is 0 Å². The highest BCUT2D eigenvalue weighted by Gasteiger charge is 2.31. The van der Waals surface area contributed by atoms with Crippen molar-refractivity contribution in [3.63, 3.8) is 0 Å². The summed E-state index contributed by atoms with van der Waals surface area (Å²) in [4.78, 5) is 11.3. The smallest absolute Gasteiger partial charge is 0.236 e. The van der Waals surface area contributed by atoms with Crippen molar-refractivity contribution < 1.29 is 15.0 Å². The van der Waals surface area contributed by atoms with Gasteiger partial charge in [-0.2, -0.15) is 0 Å². The molecule has 1 heterocycles. The van der Waals surface area contributed by atoms with Crippen molar-refractivity contribution >= 4 is 37.3 Å². The Kier molecular flexibility index (Phi) is 5.34. The lowest BCUT2D eigenvalue weighted by molar-refractivity contribution is -0.122. The Labute approximate surface area is 88.0 Å². The van der Waals surface area contributed by atoms with Gasteiger partial charge in [0, 0.05) is 12.3 Å². The SMILES string of the molecule is O=C(NCCO)[C@H]1SSSC[C@H]1O. The average molecular weight is 241 g/mol. The highest BCUT2D eigenvalue weighted by atomic mass is 33.5. The molecule has 0 spiro atoms. The molecule has 7 heteroatoms. The van der Waals surface area contributed by atoms with E-state index >= 15 is 0 Å². The van der Waals surface area contributed by atoms with E-state index in [2.05, 4.69) is 5.32 Å². The normalized spacial score (nSPS) is 28.5. The fraction of sp³-hybridized carbons (Fsp3) is 0.833. The molecule has 0 bridgehead atoms. The Balaban J connectivity index is 2.35. The van der Waals surface area contributed by atoms with Crippen LogP contribution < -0.4 is 5.32 Å². The average Bonchev–Trinajstić information content (AvgIpc) is 2.15. The zero-order valence-electron chi connectivity index (χ0n) is 6.80. The number of hydrogen-bond donors (Lipinski definition) is 3. The summed E-state index contributed by atoms with van der Waals surface area (Å²) in [5.41, 5.74) is 0. The Morgan fingerprint density at radius 2 is 2.38 bits per heavy atom. The maximum atomic E-state index is 11.3. The zero-order valence-corrected chi connectivity index (χ0v) is 9.25.